The molecule has 0 saturated heterocycles. The molecular formula is C13H14O4. The maximum atomic E-state index is 11.6. The van der Waals surface area contributed by atoms with Gasteiger partial charge in [-0.1, -0.05) is 32.0 Å². The minimum absolute atomic E-state index is 0.0426. The van der Waals surface area contributed by atoms with Crippen LogP contribution in [0, 0.1) is 5.92 Å². The van der Waals surface area contributed by atoms with Gasteiger partial charge in [-0.25, -0.2) is 4.79 Å². The Balaban J connectivity index is 3.19. The summed E-state index contributed by atoms with van der Waals surface area (Å²) in [7, 11) is 0. The van der Waals surface area contributed by atoms with Crippen molar-refractivity contribution in [3.63, 3.8) is 0 Å². The lowest BCUT2D eigenvalue weighted by Crippen LogP contribution is -2.14. The second kappa shape index (κ2) is 5.39. The average Bonchev–Trinajstić information content (AvgIpc) is 2.27. The lowest BCUT2D eigenvalue weighted by molar-refractivity contribution is -0.121. The van der Waals surface area contributed by atoms with Crippen molar-refractivity contribution in [2.45, 2.75) is 20.3 Å². The maximum absolute atomic E-state index is 11.6. The number of aromatic carboxylic acids is 1. The number of Topliss-reactive ketones (excluding diaryl/α,β-unsaturated/α-hetero) is 1. The molecule has 0 unspecified atom stereocenters. The molecule has 1 N–H and O–H groups in total. The molecule has 0 fully saturated rings. The number of aldehydes is 1. The minimum atomic E-state index is -1.18. The third-order valence-corrected chi connectivity index (χ3v) is 2.53. The Morgan fingerprint density at radius 2 is 2.00 bits per heavy atom. The minimum Gasteiger partial charge on any atom is -0.478 e. The fraction of sp³-hybridized carbons (Fsp3) is 0.308. The van der Waals surface area contributed by atoms with E-state index >= 15 is 0 Å². The smallest absolute Gasteiger partial charge is 0.336 e. The van der Waals surface area contributed by atoms with Crippen molar-refractivity contribution in [2.75, 3.05) is 0 Å². The van der Waals surface area contributed by atoms with Gasteiger partial charge in [-0.2, -0.15) is 0 Å². The highest BCUT2D eigenvalue weighted by atomic mass is 16.4. The van der Waals surface area contributed by atoms with E-state index in [9.17, 15) is 14.4 Å². The number of hydrogen-bond donors (Lipinski definition) is 1. The number of carbonyl (C=O) groups is 3. The van der Waals surface area contributed by atoms with Gasteiger partial charge in [0.1, 0.15) is 5.78 Å². The number of ketones is 1. The van der Waals surface area contributed by atoms with Crippen molar-refractivity contribution in [3.05, 3.63) is 34.9 Å². The standard InChI is InChI=1S/C13H14O4/c1-8(2)11(15)6-9-4-3-5-10(7-14)12(9)13(16)17/h3-5,7-8H,6H2,1-2H3,(H,16,17). The summed E-state index contributed by atoms with van der Waals surface area (Å²) in [6.07, 6.45) is 0.535. The van der Waals surface area contributed by atoms with Crippen molar-refractivity contribution in [2.24, 2.45) is 5.92 Å². The third-order valence-electron chi connectivity index (χ3n) is 2.53. The van der Waals surface area contributed by atoms with Crippen LogP contribution in [0.25, 0.3) is 0 Å². The second-order valence-electron chi connectivity index (χ2n) is 4.10. The molecule has 17 heavy (non-hydrogen) atoms. The van der Waals surface area contributed by atoms with Gasteiger partial charge in [-0.15, -0.1) is 0 Å². The van der Waals surface area contributed by atoms with Crippen molar-refractivity contribution in [1.29, 1.82) is 0 Å². The Labute approximate surface area is 99.3 Å². The van der Waals surface area contributed by atoms with Gasteiger partial charge in [0, 0.05) is 17.9 Å². The van der Waals surface area contributed by atoms with E-state index in [2.05, 4.69) is 0 Å². The Hall–Kier alpha value is -1.97. The molecule has 0 radical (unpaired) electrons. The average molecular weight is 234 g/mol. The van der Waals surface area contributed by atoms with E-state index in [1.165, 1.54) is 6.07 Å². The SMILES string of the molecule is CC(C)C(=O)Cc1cccc(C=O)c1C(=O)O. The number of carboxylic acid groups (broad SMARTS) is 1. The van der Waals surface area contributed by atoms with Gasteiger partial charge in [0.25, 0.3) is 0 Å². The zero-order chi connectivity index (χ0) is 13.0. The molecule has 90 valence electrons. The molecule has 1 aromatic rings. The summed E-state index contributed by atoms with van der Waals surface area (Å²) >= 11 is 0. The molecule has 0 saturated carbocycles. The van der Waals surface area contributed by atoms with Crippen LogP contribution in [0.3, 0.4) is 0 Å². The molecule has 0 amide bonds. The Bertz CT molecular complexity index is 460. The summed E-state index contributed by atoms with van der Waals surface area (Å²) in [6, 6.07) is 4.58. The monoisotopic (exact) mass is 234 g/mol. The first kappa shape index (κ1) is 13.1. The molecule has 0 aliphatic carbocycles. The first-order valence-electron chi connectivity index (χ1n) is 5.30. The van der Waals surface area contributed by atoms with Crippen molar-refractivity contribution < 1.29 is 19.5 Å². The summed E-state index contributed by atoms with van der Waals surface area (Å²) < 4.78 is 0. The lowest BCUT2D eigenvalue weighted by Gasteiger charge is -2.09. The Kier molecular flexibility index (Phi) is 4.15. The fourth-order valence-electron chi connectivity index (χ4n) is 1.52. The van der Waals surface area contributed by atoms with Gasteiger partial charge in [0.15, 0.2) is 6.29 Å². The summed E-state index contributed by atoms with van der Waals surface area (Å²) in [5, 5.41) is 9.06. The van der Waals surface area contributed by atoms with Crippen LogP contribution in [-0.4, -0.2) is 23.1 Å². The van der Waals surface area contributed by atoms with E-state index in [1.807, 2.05) is 0 Å². The Morgan fingerprint density at radius 1 is 1.35 bits per heavy atom. The molecule has 1 rings (SSSR count). The lowest BCUT2D eigenvalue weighted by atomic mass is 9.94. The summed E-state index contributed by atoms with van der Waals surface area (Å²) in [5.41, 5.74) is 0.420. The number of carbonyl (C=O) groups excluding carboxylic acids is 2. The summed E-state index contributed by atoms with van der Waals surface area (Å²) in [6.45, 7) is 3.51. The van der Waals surface area contributed by atoms with Crippen LogP contribution in [0.5, 0.6) is 0 Å². The second-order valence-corrected chi connectivity index (χ2v) is 4.10. The van der Waals surface area contributed by atoms with Crippen LogP contribution in [0.4, 0.5) is 0 Å². The van der Waals surface area contributed by atoms with Gasteiger partial charge < -0.3 is 5.11 Å². The predicted octanol–water partition coefficient (Wildman–Crippen LogP) is 1.96. The normalized spacial score (nSPS) is 10.3. The highest BCUT2D eigenvalue weighted by molar-refractivity contribution is 5.99. The molecule has 0 bridgehead atoms. The van der Waals surface area contributed by atoms with E-state index in [0.717, 1.165) is 0 Å². The summed E-state index contributed by atoms with van der Waals surface area (Å²) in [5.74, 6) is -1.38. The van der Waals surface area contributed by atoms with Crippen LogP contribution in [0.2, 0.25) is 0 Å². The zero-order valence-electron chi connectivity index (χ0n) is 9.77. The van der Waals surface area contributed by atoms with E-state index in [4.69, 9.17) is 5.11 Å². The number of rotatable bonds is 5. The first-order valence-corrected chi connectivity index (χ1v) is 5.30. The highest BCUT2D eigenvalue weighted by Gasteiger charge is 2.18. The quantitative estimate of drug-likeness (QED) is 0.790. The van der Waals surface area contributed by atoms with Crippen LogP contribution in [0.1, 0.15) is 40.1 Å². The number of carboxylic acids is 1. The van der Waals surface area contributed by atoms with E-state index < -0.39 is 5.97 Å². The van der Waals surface area contributed by atoms with E-state index in [-0.39, 0.29) is 29.2 Å². The van der Waals surface area contributed by atoms with E-state index in [1.54, 1.807) is 26.0 Å². The van der Waals surface area contributed by atoms with Crippen molar-refractivity contribution in [1.82, 2.24) is 0 Å². The molecular weight excluding hydrogens is 220 g/mol. The van der Waals surface area contributed by atoms with Gasteiger partial charge >= 0.3 is 5.97 Å². The van der Waals surface area contributed by atoms with Crippen LogP contribution in [-0.2, 0) is 11.2 Å². The van der Waals surface area contributed by atoms with Gasteiger partial charge in [0.2, 0.25) is 0 Å². The highest BCUT2D eigenvalue weighted by Crippen LogP contribution is 2.16. The van der Waals surface area contributed by atoms with E-state index in [0.29, 0.717) is 11.8 Å². The van der Waals surface area contributed by atoms with Crippen LogP contribution in [0.15, 0.2) is 18.2 Å². The van der Waals surface area contributed by atoms with Gasteiger partial charge in [0.05, 0.1) is 5.56 Å². The molecule has 0 aromatic heterocycles. The fourth-order valence-corrected chi connectivity index (χ4v) is 1.52. The molecule has 0 heterocycles. The molecule has 1 aromatic carbocycles. The molecule has 0 spiro atoms. The third kappa shape index (κ3) is 3.00. The number of benzene rings is 1. The van der Waals surface area contributed by atoms with Gasteiger partial charge in [-0.3, -0.25) is 9.59 Å². The molecule has 0 atom stereocenters. The van der Waals surface area contributed by atoms with Gasteiger partial charge in [-0.05, 0) is 5.56 Å². The molecule has 4 heteroatoms. The molecule has 0 aliphatic heterocycles. The Morgan fingerprint density at radius 3 is 2.47 bits per heavy atom. The predicted molar refractivity (Wildman–Crippen MR) is 62.3 cm³/mol. The molecule has 4 nitrogen and oxygen atoms in total. The van der Waals surface area contributed by atoms with Crippen molar-refractivity contribution in [3.8, 4) is 0 Å². The van der Waals surface area contributed by atoms with Crippen LogP contribution < -0.4 is 0 Å². The summed E-state index contributed by atoms with van der Waals surface area (Å²) in [4.78, 5) is 33.4. The zero-order valence-corrected chi connectivity index (χ0v) is 9.77. The topological polar surface area (TPSA) is 71.4 Å². The molecule has 0 aliphatic rings. The number of hydrogen-bond acceptors (Lipinski definition) is 3. The maximum Gasteiger partial charge on any atom is 0.336 e. The first-order chi connectivity index (χ1) is 7.97. The van der Waals surface area contributed by atoms with Crippen molar-refractivity contribution >= 4 is 18.0 Å². The largest absolute Gasteiger partial charge is 0.478 e. The van der Waals surface area contributed by atoms with Crippen LogP contribution >= 0.6 is 0 Å².